The molecule has 1 nitrogen and oxygen atoms in total. The van der Waals surface area contributed by atoms with E-state index in [2.05, 4.69) is 25.7 Å². The van der Waals surface area contributed by atoms with Crippen LogP contribution in [0.1, 0.15) is 92.4 Å². The third kappa shape index (κ3) is 9.00. The summed E-state index contributed by atoms with van der Waals surface area (Å²) in [6, 6.07) is 0. The highest BCUT2D eigenvalue weighted by Crippen LogP contribution is 2.25. The number of hydrogen-bond donors (Lipinski definition) is 0. The van der Waals surface area contributed by atoms with Gasteiger partial charge in [0.05, 0.1) is 0 Å². The second-order valence-corrected chi connectivity index (χ2v) is 6.20. The van der Waals surface area contributed by atoms with Crippen molar-refractivity contribution in [2.45, 2.75) is 92.4 Å². The number of rotatable bonds is 3. The maximum absolute atomic E-state index is 2.55. The fourth-order valence-electron chi connectivity index (χ4n) is 3.31. The average Bonchev–Trinajstić information content (AvgIpc) is 2.58. The summed E-state index contributed by atoms with van der Waals surface area (Å²) in [4.78, 5) is 2.55. The summed E-state index contributed by atoms with van der Waals surface area (Å²) in [6.07, 6.45) is 13.2. The van der Waals surface area contributed by atoms with Crippen molar-refractivity contribution < 1.29 is 0 Å². The fourth-order valence-corrected chi connectivity index (χ4v) is 3.31. The van der Waals surface area contributed by atoms with Gasteiger partial charge in [0.25, 0.3) is 0 Å². The molecule has 1 aliphatic carbocycles. The third-order valence-corrected chi connectivity index (χ3v) is 5.03. The Kier molecular flexibility index (Phi) is 13.9. The van der Waals surface area contributed by atoms with E-state index in [-0.39, 0.29) is 0 Å². The van der Waals surface area contributed by atoms with Gasteiger partial charge in [-0.25, -0.2) is 0 Å². The highest BCUT2D eigenvalue weighted by molar-refractivity contribution is 4.69. The molecule has 0 radical (unpaired) electrons. The van der Waals surface area contributed by atoms with Gasteiger partial charge < -0.3 is 4.90 Å². The molecule has 0 amide bonds. The monoisotopic (exact) mass is 283 g/mol. The first-order valence-electron chi connectivity index (χ1n) is 9.52. The first kappa shape index (κ1) is 20.0. The normalized spacial score (nSPS) is 21.4. The summed E-state index contributed by atoms with van der Waals surface area (Å²) in [5.74, 6) is 2.12. The maximum atomic E-state index is 2.55. The Balaban J connectivity index is 0.000000327. The van der Waals surface area contributed by atoms with Crippen molar-refractivity contribution in [3.8, 4) is 0 Å². The number of nitrogens with zero attached hydrogens (tertiary/aromatic N) is 1. The van der Waals surface area contributed by atoms with E-state index in [4.69, 9.17) is 0 Å². The van der Waals surface area contributed by atoms with Crippen LogP contribution in [0.2, 0.25) is 0 Å². The lowest BCUT2D eigenvalue weighted by molar-refractivity contribution is 0.190. The van der Waals surface area contributed by atoms with Crippen LogP contribution in [0, 0.1) is 11.8 Å². The van der Waals surface area contributed by atoms with E-state index in [9.17, 15) is 0 Å². The van der Waals surface area contributed by atoms with Gasteiger partial charge in [0.1, 0.15) is 0 Å². The van der Waals surface area contributed by atoms with Crippen LogP contribution in [0.5, 0.6) is 0 Å². The molecule has 2 rings (SSSR count). The van der Waals surface area contributed by atoms with E-state index >= 15 is 0 Å². The molecule has 0 spiro atoms. The molecule has 1 saturated heterocycles. The first-order valence-corrected chi connectivity index (χ1v) is 9.52. The van der Waals surface area contributed by atoms with Gasteiger partial charge in [0, 0.05) is 0 Å². The summed E-state index contributed by atoms with van der Waals surface area (Å²) in [7, 11) is 0. The highest BCUT2D eigenvalue weighted by atomic mass is 15.1. The van der Waals surface area contributed by atoms with Gasteiger partial charge >= 0.3 is 0 Å². The predicted molar refractivity (Wildman–Crippen MR) is 93.3 cm³/mol. The smallest absolute Gasteiger partial charge is 0.00162 e. The standard InChI is InChI=1S/C9H19N.C8H16.C2H6/c1-3-9-5-7-10(4-2)8-6-9;1-2-8-6-4-3-5-7-8;1-2/h9H,3-8H2,1-2H3;8H,2-7H2,1H3;1-2H3. The van der Waals surface area contributed by atoms with Crippen molar-refractivity contribution in [1.82, 2.24) is 4.90 Å². The van der Waals surface area contributed by atoms with Crippen LogP contribution in [0.25, 0.3) is 0 Å². The van der Waals surface area contributed by atoms with Gasteiger partial charge in [-0.3, -0.25) is 0 Å². The topological polar surface area (TPSA) is 3.24 Å². The quantitative estimate of drug-likeness (QED) is 0.602. The SMILES string of the molecule is CC.CCC1CCCCC1.CCC1CCN(CC)CC1. The molecule has 0 aromatic rings. The zero-order valence-electron chi connectivity index (χ0n) is 15.1. The molecule has 1 heteroatoms. The zero-order chi connectivity index (χ0) is 15.2. The molecule has 0 unspecified atom stereocenters. The summed E-state index contributed by atoms with van der Waals surface area (Å²) < 4.78 is 0. The largest absolute Gasteiger partial charge is 0.304 e. The zero-order valence-corrected chi connectivity index (χ0v) is 15.1. The van der Waals surface area contributed by atoms with E-state index < -0.39 is 0 Å². The summed E-state index contributed by atoms with van der Waals surface area (Å²) in [5, 5.41) is 0. The molecule has 20 heavy (non-hydrogen) atoms. The predicted octanol–water partition coefficient (Wildman–Crippen LogP) is 6.13. The lowest BCUT2D eigenvalue weighted by atomic mass is 9.88. The van der Waals surface area contributed by atoms with E-state index in [0.717, 1.165) is 11.8 Å². The molecule has 0 atom stereocenters. The molecule has 1 aliphatic heterocycles. The molecule has 0 N–H and O–H groups in total. The van der Waals surface area contributed by atoms with Crippen LogP contribution in [0.4, 0.5) is 0 Å². The van der Waals surface area contributed by atoms with Gasteiger partial charge in [-0.15, -0.1) is 0 Å². The first-order chi connectivity index (χ1) is 9.80. The Bertz CT molecular complexity index is 164. The number of piperidine rings is 1. The molecule has 1 saturated carbocycles. The van der Waals surface area contributed by atoms with Crippen molar-refractivity contribution in [1.29, 1.82) is 0 Å². The van der Waals surface area contributed by atoms with Crippen LogP contribution in [0.3, 0.4) is 0 Å². The molecule has 2 aliphatic rings. The van der Waals surface area contributed by atoms with Crippen LogP contribution in [-0.4, -0.2) is 24.5 Å². The van der Waals surface area contributed by atoms with Gasteiger partial charge in [-0.2, -0.15) is 0 Å². The molecular formula is C19H41N. The van der Waals surface area contributed by atoms with E-state index in [1.165, 1.54) is 77.4 Å². The molecular weight excluding hydrogens is 242 g/mol. The summed E-state index contributed by atoms with van der Waals surface area (Å²) in [6.45, 7) is 14.8. The molecule has 2 fully saturated rings. The highest BCUT2D eigenvalue weighted by Gasteiger charge is 2.15. The second kappa shape index (κ2) is 13.9. The van der Waals surface area contributed by atoms with E-state index in [0.29, 0.717) is 0 Å². The van der Waals surface area contributed by atoms with E-state index in [1.54, 1.807) is 0 Å². The van der Waals surface area contributed by atoms with Gasteiger partial charge in [-0.05, 0) is 44.3 Å². The molecule has 122 valence electrons. The summed E-state index contributed by atoms with van der Waals surface area (Å²) in [5.41, 5.74) is 0. The molecule has 1 heterocycles. The van der Waals surface area contributed by atoms with Crippen LogP contribution >= 0.6 is 0 Å². The van der Waals surface area contributed by atoms with Gasteiger partial charge in [0.15, 0.2) is 0 Å². The fraction of sp³-hybridized carbons (Fsp3) is 1.00. The van der Waals surface area contributed by atoms with Crippen molar-refractivity contribution in [2.75, 3.05) is 19.6 Å². The van der Waals surface area contributed by atoms with Crippen molar-refractivity contribution in [2.24, 2.45) is 11.8 Å². The van der Waals surface area contributed by atoms with Crippen molar-refractivity contribution >= 4 is 0 Å². The van der Waals surface area contributed by atoms with Crippen LogP contribution in [-0.2, 0) is 0 Å². The van der Waals surface area contributed by atoms with E-state index in [1.807, 2.05) is 13.8 Å². The Morgan fingerprint density at radius 1 is 0.700 bits per heavy atom. The third-order valence-electron chi connectivity index (χ3n) is 5.03. The van der Waals surface area contributed by atoms with Crippen LogP contribution < -0.4 is 0 Å². The molecule has 0 bridgehead atoms. The molecule has 0 aromatic heterocycles. The Labute approximate surface area is 129 Å². The lowest BCUT2D eigenvalue weighted by Crippen LogP contribution is -2.33. The second-order valence-electron chi connectivity index (χ2n) is 6.20. The van der Waals surface area contributed by atoms with Crippen molar-refractivity contribution in [3.63, 3.8) is 0 Å². The maximum Gasteiger partial charge on any atom is -0.00162 e. The Morgan fingerprint density at radius 3 is 1.50 bits per heavy atom. The van der Waals surface area contributed by atoms with Crippen molar-refractivity contribution in [3.05, 3.63) is 0 Å². The minimum Gasteiger partial charge on any atom is -0.304 e. The summed E-state index contributed by atoms with van der Waals surface area (Å²) >= 11 is 0. The van der Waals surface area contributed by atoms with Crippen LogP contribution in [0.15, 0.2) is 0 Å². The minimum absolute atomic E-state index is 1.03. The Hall–Kier alpha value is -0.0400. The number of hydrogen-bond acceptors (Lipinski definition) is 1. The average molecular weight is 284 g/mol. The molecule has 0 aromatic carbocycles. The number of likely N-dealkylation sites (tertiary alicyclic amines) is 1. The Morgan fingerprint density at radius 2 is 1.15 bits per heavy atom. The minimum atomic E-state index is 1.03. The van der Waals surface area contributed by atoms with Gasteiger partial charge in [-0.1, -0.05) is 79.6 Å². The van der Waals surface area contributed by atoms with Gasteiger partial charge in [0.2, 0.25) is 0 Å². The lowest BCUT2D eigenvalue weighted by Gasteiger charge is -2.30.